The molecule has 0 aliphatic carbocycles. The van der Waals surface area contributed by atoms with Gasteiger partial charge in [-0.2, -0.15) is 0 Å². The number of ether oxygens (including phenoxy) is 2. The van der Waals surface area contributed by atoms with Gasteiger partial charge in [-0.1, -0.05) is 0 Å². The average Bonchev–Trinajstić information content (AvgIpc) is 2.61. The predicted molar refractivity (Wildman–Crippen MR) is 89.2 cm³/mol. The minimum atomic E-state index is -1.04. The Labute approximate surface area is 147 Å². The molecular formula is C17H24N4O4. The van der Waals surface area contributed by atoms with Crippen LogP contribution in [0.3, 0.4) is 0 Å². The molecule has 0 spiro atoms. The van der Waals surface area contributed by atoms with Crippen LogP contribution in [0.2, 0.25) is 0 Å². The predicted octanol–water partition coefficient (Wildman–Crippen LogP) is 0.183. The number of morpholine rings is 2. The summed E-state index contributed by atoms with van der Waals surface area (Å²) < 4.78 is 11.1. The summed E-state index contributed by atoms with van der Waals surface area (Å²) in [5.74, 6) is 0.371. The Balaban J connectivity index is 1.75. The molecule has 2 saturated heterocycles. The smallest absolute Gasteiger partial charge is 0.257 e. The fraction of sp³-hybridized carbons (Fsp3) is 0.647. The number of carbonyl (C=O) groups is 2. The number of amides is 2. The van der Waals surface area contributed by atoms with Crippen molar-refractivity contribution < 1.29 is 19.1 Å². The summed E-state index contributed by atoms with van der Waals surface area (Å²) in [7, 11) is 0. The van der Waals surface area contributed by atoms with Crippen molar-refractivity contribution in [2.75, 3.05) is 46.0 Å². The van der Waals surface area contributed by atoms with Gasteiger partial charge in [0.1, 0.15) is 5.82 Å². The van der Waals surface area contributed by atoms with E-state index in [0.717, 1.165) is 0 Å². The van der Waals surface area contributed by atoms with E-state index in [1.165, 1.54) is 0 Å². The maximum absolute atomic E-state index is 12.9. The molecule has 8 nitrogen and oxygen atoms in total. The summed E-state index contributed by atoms with van der Waals surface area (Å²) in [4.78, 5) is 37.5. The Hall–Kier alpha value is -2.06. The van der Waals surface area contributed by atoms with Crippen molar-refractivity contribution >= 4 is 11.8 Å². The molecule has 1 unspecified atom stereocenters. The van der Waals surface area contributed by atoms with E-state index in [1.807, 2.05) is 0 Å². The molecule has 0 radical (unpaired) electrons. The van der Waals surface area contributed by atoms with Crippen LogP contribution >= 0.6 is 0 Å². The summed E-state index contributed by atoms with van der Waals surface area (Å²) >= 11 is 0. The first-order valence-electron chi connectivity index (χ1n) is 8.51. The molecule has 8 heteroatoms. The maximum Gasteiger partial charge on any atom is 0.257 e. The molecule has 0 aromatic carbocycles. The van der Waals surface area contributed by atoms with Crippen LogP contribution in [0, 0.1) is 13.8 Å². The Morgan fingerprint density at radius 2 is 1.80 bits per heavy atom. The van der Waals surface area contributed by atoms with Gasteiger partial charge in [0.15, 0.2) is 5.60 Å². The first-order chi connectivity index (χ1) is 11.9. The van der Waals surface area contributed by atoms with Gasteiger partial charge in [-0.05, 0) is 20.8 Å². The van der Waals surface area contributed by atoms with Crippen LogP contribution in [-0.2, 0) is 14.3 Å². The van der Waals surface area contributed by atoms with Gasteiger partial charge in [0, 0.05) is 25.8 Å². The molecule has 0 N–H and O–H groups in total. The highest BCUT2D eigenvalue weighted by atomic mass is 16.5. The van der Waals surface area contributed by atoms with Crippen LogP contribution in [0.25, 0.3) is 0 Å². The number of nitrogens with zero attached hydrogens (tertiary/aromatic N) is 4. The quantitative estimate of drug-likeness (QED) is 0.758. The van der Waals surface area contributed by atoms with E-state index >= 15 is 0 Å². The van der Waals surface area contributed by atoms with Gasteiger partial charge in [-0.25, -0.2) is 9.97 Å². The minimum absolute atomic E-state index is 0.0924. The zero-order valence-corrected chi connectivity index (χ0v) is 14.9. The molecule has 136 valence electrons. The zero-order valence-electron chi connectivity index (χ0n) is 14.9. The van der Waals surface area contributed by atoms with Crippen molar-refractivity contribution in [2.45, 2.75) is 26.4 Å². The van der Waals surface area contributed by atoms with Gasteiger partial charge >= 0.3 is 0 Å². The average molecular weight is 348 g/mol. The zero-order chi connectivity index (χ0) is 18.0. The van der Waals surface area contributed by atoms with Crippen LogP contribution in [-0.4, -0.2) is 83.2 Å². The van der Waals surface area contributed by atoms with E-state index in [4.69, 9.17) is 9.47 Å². The molecule has 25 heavy (non-hydrogen) atoms. The first kappa shape index (κ1) is 17.8. The van der Waals surface area contributed by atoms with E-state index in [1.54, 1.807) is 36.8 Å². The second-order valence-electron chi connectivity index (χ2n) is 6.63. The lowest BCUT2D eigenvalue weighted by molar-refractivity contribution is -0.168. The van der Waals surface area contributed by atoms with Crippen molar-refractivity contribution in [3.63, 3.8) is 0 Å². The van der Waals surface area contributed by atoms with Gasteiger partial charge in [-0.15, -0.1) is 0 Å². The Bertz CT molecular complexity index is 675. The lowest BCUT2D eigenvalue weighted by atomic mass is 10.0. The van der Waals surface area contributed by atoms with Crippen molar-refractivity contribution in [2.24, 2.45) is 0 Å². The molecule has 3 rings (SSSR count). The van der Waals surface area contributed by atoms with E-state index < -0.39 is 5.60 Å². The van der Waals surface area contributed by atoms with Gasteiger partial charge in [-0.3, -0.25) is 9.59 Å². The summed E-state index contributed by atoms with van der Waals surface area (Å²) in [6.45, 7) is 8.48. The molecule has 2 fully saturated rings. The fourth-order valence-electron chi connectivity index (χ4n) is 3.24. The Morgan fingerprint density at radius 1 is 1.12 bits per heavy atom. The Morgan fingerprint density at radius 3 is 2.48 bits per heavy atom. The summed E-state index contributed by atoms with van der Waals surface area (Å²) in [6.07, 6.45) is 1.55. The van der Waals surface area contributed by atoms with Crippen LogP contribution in [0.15, 0.2) is 6.20 Å². The van der Waals surface area contributed by atoms with Crippen LogP contribution in [0.5, 0.6) is 0 Å². The van der Waals surface area contributed by atoms with Crippen LogP contribution in [0.4, 0.5) is 0 Å². The van der Waals surface area contributed by atoms with Gasteiger partial charge in [0.05, 0.1) is 37.6 Å². The number of carbonyl (C=O) groups excluding carboxylic acids is 2. The third-order valence-corrected chi connectivity index (χ3v) is 4.64. The SMILES string of the molecule is Cc1ncc(C(=O)N2CCOC(C)(C(=O)N3CCOCC3)C2)c(C)n1. The normalized spacial score (nSPS) is 24.3. The van der Waals surface area contributed by atoms with E-state index in [2.05, 4.69) is 9.97 Å². The molecule has 3 heterocycles. The van der Waals surface area contributed by atoms with Crippen molar-refractivity contribution in [1.29, 1.82) is 0 Å². The number of hydrogen-bond acceptors (Lipinski definition) is 6. The molecule has 0 bridgehead atoms. The highest BCUT2D eigenvalue weighted by Gasteiger charge is 2.43. The van der Waals surface area contributed by atoms with Gasteiger partial charge < -0.3 is 19.3 Å². The van der Waals surface area contributed by atoms with E-state index in [0.29, 0.717) is 56.5 Å². The standard InChI is InChI=1S/C17H24N4O4/c1-12-14(10-18-13(2)19-12)15(22)21-6-9-25-17(3,11-21)16(23)20-4-7-24-8-5-20/h10H,4-9,11H2,1-3H3. The molecule has 0 saturated carbocycles. The molecule has 1 atom stereocenters. The molecular weight excluding hydrogens is 324 g/mol. The van der Waals surface area contributed by atoms with Crippen molar-refractivity contribution in [3.05, 3.63) is 23.3 Å². The number of hydrogen-bond donors (Lipinski definition) is 0. The monoisotopic (exact) mass is 348 g/mol. The van der Waals surface area contributed by atoms with E-state index in [-0.39, 0.29) is 18.4 Å². The highest BCUT2D eigenvalue weighted by Crippen LogP contribution is 2.23. The fourth-order valence-corrected chi connectivity index (χ4v) is 3.24. The first-order valence-corrected chi connectivity index (χ1v) is 8.51. The van der Waals surface area contributed by atoms with Crippen LogP contribution < -0.4 is 0 Å². The lowest BCUT2D eigenvalue weighted by Crippen LogP contribution is -2.61. The third kappa shape index (κ3) is 3.64. The summed E-state index contributed by atoms with van der Waals surface area (Å²) in [5, 5.41) is 0. The van der Waals surface area contributed by atoms with Crippen molar-refractivity contribution in [3.8, 4) is 0 Å². The summed E-state index contributed by atoms with van der Waals surface area (Å²) in [5.41, 5.74) is 0.0731. The topological polar surface area (TPSA) is 84.9 Å². The van der Waals surface area contributed by atoms with Crippen molar-refractivity contribution in [1.82, 2.24) is 19.8 Å². The number of rotatable bonds is 2. The van der Waals surface area contributed by atoms with E-state index in [9.17, 15) is 9.59 Å². The third-order valence-electron chi connectivity index (χ3n) is 4.64. The Kier molecular flexibility index (Phi) is 5.01. The second kappa shape index (κ2) is 7.05. The van der Waals surface area contributed by atoms with Gasteiger partial charge in [0.2, 0.25) is 0 Å². The number of aromatic nitrogens is 2. The molecule has 2 amide bonds. The van der Waals surface area contributed by atoms with Crippen LogP contribution in [0.1, 0.15) is 28.8 Å². The second-order valence-corrected chi connectivity index (χ2v) is 6.63. The lowest BCUT2D eigenvalue weighted by Gasteiger charge is -2.42. The summed E-state index contributed by atoms with van der Waals surface area (Å²) in [6, 6.07) is 0. The number of aryl methyl sites for hydroxylation is 2. The largest absolute Gasteiger partial charge is 0.378 e. The minimum Gasteiger partial charge on any atom is -0.378 e. The van der Waals surface area contributed by atoms with Gasteiger partial charge in [0.25, 0.3) is 11.8 Å². The molecule has 2 aliphatic rings. The molecule has 2 aliphatic heterocycles. The molecule has 1 aromatic heterocycles. The highest BCUT2D eigenvalue weighted by molar-refractivity contribution is 5.96. The maximum atomic E-state index is 12.9. The molecule has 1 aromatic rings.